The van der Waals surface area contributed by atoms with Gasteiger partial charge < -0.3 is 20.4 Å². The molecule has 0 aromatic carbocycles. The summed E-state index contributed by atoms with van der Waals surface area (Å²) in [5, 5.41) is 5.91. The minimum atomic E-state index is -4.62. The van der Waals surface area contributed by atoms with Crippen molar-refractivity contribution in [2.75, 3.05) is 37.8 Å². The van der Waals surface area contributed by atoms with Crippen molar-refractivity contribution >= 4 is 23.6 Å². The van der Waals surface area contributed by atoms with Crippen molar-refractivity contribution in [3.8, 4) is 0 Å². The van der Waals surface area contributed by atoms with Crippen LogP contribution in [0.3, 0.4) is 0 Å². The van der Waals surface area contributed by atoms with Crippen LogP contribution in [0.2, 0.25) is 0 Å². The first-order valence-corrected chi connectivity index (χ1v) is 9.09. The van der Waals surface area contributed by atoms with Gasteiger partial charge >= 0.3 is 6.18 Å². The normalized spacial score (nSPS) is 23.8. The van der Waals surface area contributed by atoms with Crippen molar-refractivity contribution in [2.24, 2.45) is 0 Å². The zero-order valence-electron chi connectivity index (χ0n) is 15.7. The number of piperidine rings is 2. The van der Waals surface area contributed by atoms with Crippen LogP contribution >= 0.6 is 0 Å². The number of carbonyl (C=O) groups excluding carboxylic acids is 2. The zero-order valence-corrected chi connectivity index (χ0v) is 15.7. The van der Waals surface area contributed by atoms with E-state index in [-0.39, 0.29) is 35.7 Å². The fourth-order valence-corrected chi connectivity index (χ4v) is 3.38. The summed E-state index contributed by atoms with van der Waals surface area (Å²) >= 11 is 0. The van der Waals surface area contributed by atoms with Crippen molar-refractivity contribution in [2.45, 2.75) is 43.9 Å². The Hall–Kier alpha value is -2.59. The van der Waals surface area contributed by atoms with Crippen LogP contribution in [-0.4, -0.2) is 70.9 Å². The van der Waals surface area contributed by atoms with E-state index in [0.717, 1.165) is 6.07 Å². The molecule has 11 heteroatoms. The number of hydrogen-bond acceptors (Lipinski definition) is 6. The minimum absolute atomic E-state index is 0.00123. The number of hydrogen-bond donors (Lipinski definition) is 2. The Morgan fingerprint density at radius 2 is 1.50 bits per heavy atom. The Kier molecular flexibility index (Phi) is 5.61. The molecule has 2 fully saturated rings. The van der Waals surface area contributed by atoms with E-state index in [1.807, 2.05) is 0 Å². The van der Waals surface area contributed by atoms with E-state index < -0.39 is 11.9 Å². The van der Waals surface area contributed by atoms with E-state index in [4.69, 9.17) is 0 Å². The molecule has 0 aliphatic carbocycles. The highest BCUT2D eigenvalue weighted by atomic mass is 19.4. The van der Waals surface area contributed by atoms with Gasteiger partial charge in [0.1, 0.15) is 5.82 Å². The second kappa shape index (κ2) is 7.80. The van der Waals surface area contributed by atoms with Gasteiger partial charge in [-0.1, -0.05) is 0 Å². The van der Waals surface area contributed by atoms with E-state index in [9.17, 15) is 22.8 Å². The first-order chi connectivity index (χ1) is 13.1. The molecule has 1 aromatic heterocycles. The first kappa shape index (κ1) is 20.2. The molecule has 0 spiro atoms. The van der Waals surface area contributed by atoms with E-state index >= 15 is 0 Å². The fourth-order valence-electron chi connectivity index (χ4n) is 3.38. The predicted molar refractivity (Wildman–Crippen MR) is 95.6 cm³/mol. The lowest BCUT2D eigenvalue weighted by molar-refractivity contribution is -0.141. The van der Waals surface area contributed by atoms with Gasteiger partial charge in [-0.15, -0.1) is 0 Å². The average molecular weight is 400 g/mol. The third-order valence-electron chi connectivity index (χ3n) is 4.96. The molecule has 3 heterocycles. The smallest absolute Gasteiger partial charge is 0.365 e. The molecule has 2 aliphatic heterocycles. The molecule has 2 N–H and O–H groups in total. The third-order valence-corrected chi connectivity index (χ3v) is 4.96. The van der Waals surface area contributed by atoms with E-state index in [0.29, 0.717) is 38.8 Å². The van der Waals surface area contributed by atoms with Crippen molar-refractivity contribution in [1.29, 1.82) is 0 Å². The molecule has 2 amide bonds. The summed E-state index contributed by atoms with van der Waals surface area (Å²) in [6, 6.07) is 0.459. The van der Waals surface area contributed by atoms with Gasteiger partial charge in [0.2, 0.25) is 17.8 Å². The van der Waals surface area contributed by atoms with Crippen LogP contribution < -0.4 is 10.6 Å². The standard InChI is InChI=1S/C17H23F3N6O2/c1-25-8-10(3-5-14(25)27)21-13-7-12(17(18,19)20)23-16(24-13)22-11-4-6-15(28)26(2)9-11/h7,10-11H,3-6,8-9H2,1-2H3,(H2,21,22,23,24). The highest BCUT2D eigenvalue weighted by Gasteiger charge is 2.35. The molecule has 0 bridgehead atoms. The summed E-state index contributed by atoms with van der Waals surface area (Å²) in [4.78, 5) is 34.0. The minimum Gasteiger partial charge on any atom is -0.365 e. The van der Waals surface area contributed by atoms with Crippen molar-refractivity contribution in [3.05, 3.63) is 11.8 Å². The van der Waals surface area contributed by atoms with Crippen LogP contribution in [0.15, 0.2) is 6.07 Å². The van der Waals surface area contributed by atoms with Gasteiger partial charge in [-0.3, -0.25) is 9.59 Å². The lowest BCUT2D eigenvalue weighted by Gasteiger charge is -2.31. The molecule has 2 saturated heterocycles. The van der Waals surface area contributed by atoms with Gasteiger partial charge in [0, 0.05) is 58.2 Å². The Morgan fingerprint density at radius 1 is 0.964 bits per heavy atom. The molecule has 28 heavy (non-hydrogen) atoms. The lowest BCUT2D eigenvalue weighted by atomic mass is 10.1. The number of nitrogens with one attached hydrogen (secondary N) is 2. The maximum Gasteiger partial charge on any atom is 0.433 e. The van der Waals surface area contributed by atoms with Crippen LogP contribution in [0.5, 0.6) is 0 Å². The summed E-state index contributed by atoms with van der Waals surface area (Å²) in [6.45, 7) is 0.763. The summed E-state index contributed by atoms with van der Waals surface area (Å²) in [6.07, 6.45) is -2.94. The number of carbonyl (C=O) groups is 2. The number of likely N-dealkylation sites (tertiary alicyclic amines) is 2. The van der Waals surface area contributed by atoms with Gasteiger partial charge in [-0.05, 0) is 12.8 Å². The molecule has 3 rings (SSSR count). The number of anilines is 2. The first-order valence-electron chi connectivity index (χ1n) is 9.09. The second-order valence-corrected chi connectivity index (χ2v) is 7.27. The summed E-state index contributed by atoms with van der Waals surface area (Å²) in [5.74, 6) is -0.0699. The van der Waals surface area contributed by atoms with Crippen LogP contribution in [0.1, 0.15) is 31.4 Å². The number of halogens is 3. The lowest BCUT2D eigenvalue weighted by Crippen LogP contribution is -2.44. The topological polar surface area (TPSA) is 90.5 Å². The summed E-state index contributed by atoms with van der Waals surface area (Å²) < 4.78 is 39.8. The molecular weight excluding hydrogens is 377 g/mol. The van der Waals surface area contributed by atoms with Crippen LogP contribution in [0.4, 0.5) is 24.9 Å². The number of rotatable bonds is 4. The molecule has 154 valence electrons. The van der Waals surface area contributed by atoms with Gasteiger partial charge in [0.25, 0.3) is 0 Å². The second-order valence-electron chi connectivity index (χ2n) is 7.27. The summed E-state index contributed by atoms with van der Waals surface area (Å²) in [7, 11) is 3.31. The molecule has 2 atom stereocenters. The highest BCUT2D eigenvalue weighted by molar-refractivity contribution is 5.77. The van der Waals surface area contributed by atoms with Crippen molar-refractivity contribution in [1.82, 2.24) is 19.8 Å². The highest BCUT2D eigenvalue weighted by Crippen LogP contribution is 2.30. The van der Waals surface area contributed by atoms with Crippen LogP contribution in [-0.2, 0) is 15.8 Å². The zero-order chi connectivity index (χ0) is 20.5. The van der Waals surface area contributed by atoms with E-state index in [1.54, 1.807) is 19.0 Å². The van der Waals surface area contributed by atoms with Crippen LogP contribution in [0.25, 0.3) is 0 Å². The number of likely N-dealkylation sites (N-methyl/N-ethyl adjacent to an activating group) is 2. The third kappa shape index (κ3) is 4.82. The van der Waals surface area contributed by atoms with E-state index in [2.05, 4.69) is 20.6 Å². The number of aromatic nitrogens is 2. The molecule has 2 aliphatic rings. The Bertz CT molecular complexity index is 705. The Morgan fingerprint density at radius 3 is 2.00 bits per heavy atom. The summed E-state index contributed by atoms with van der Waals surface area (Å²) in [5.41, 5.74) is -1.05. The average Bonchev–Trinajstić information content (AvgIpc) is 2.60. The molecule has 0 saturated carbocycles. The molecule has 0 radical (unpaired) electrons. The Labute approximate surface area is 160 Å². The quantitative estimate of drug-likeness (QED) is 0.797. The van der Waals surface area contributed by atoms with Gasteiger partial charge in [-0.25, -0.2) is 4.98 Å². The van der Waals surface area contributed by atoms with Gasteiger partial charge in [0.05, 0.1) is 0 Å². The maximum atomic E-state index is 13.3. The molecule has 8 nitrogen and oxygen atoms in total. The van der Waals surface area contributed by atoms with Crippen molar-refractivity contribution in [3.63, 3.8) is 0 Å². The monoisotopic (exact) mass is 400 g/mol. The SMILES string of the molecule is CN1CC(Nc2cc(C(F)(F)F)nc(NC3CCC(=O)N(C)C3)n2)CCC1=O. The number of nitrogens with zero attached hydrogens (tertiary/aromatic N) is 4. The number of alkyl halides is 3. The molecule has 2 unspecified atom stereocenters. The van der Waals surface area contributed by atoms with E-state index in [1.165, 1.54) is 4.90 Å². The van der Waals surface area contributed by atoms with Gasteiger partial charge in [0.15, 0.2) is 5.69 Å². The van der Waals surface area contributed by atoms with Crippen molar-refractivity contribution < 1.29 is 22.8 Å². The van der Waals surface area contributed by atoms with Gasteiger partial charge in [-0.2, -0.15) is 18.2 Å². The van der Waals surface area contributed by atoms with Crippen LogP contribution in [0, 0.1) is 0 Å². The largest absolute Gasteiger partial charge is 0.433 e. The number of amides is 2. The fraction of sp³-hybridized carbons (Fsp3) is 0.647. The molecule has 1 aromatic rings. The maximum absolute atomic E-state index is 13.3. The molecular formula is C17H23F3N6O2. The Balaban J connectivity index is 1.77. The predicted octanol–water partition coefficient (Wildman–Crippen LogP) is 1.56.